The second-order valence-electron chi connectivity index (χ2n) is 5.20. The van der Waals surface area contributed by atoms with Crippen LogP contribution in [-0.4, -0.2) is 36.1 Å². The average Bonchev–Trinajstić information content (AvgIpc) is 2.48. The largest absolute Gasteiger partial charge is 0.396 e. The van der Waals surface area contributed by atoms with Crippen molar-refractivity contribution < 1.29 is 0 Å². The predicted molar refractivity (Wildman–Crippen MR) is 89.7 cm³/mol. The highest BCUT2D eigenvalue weighted by atomic mass is 79.9. The van der Waals surface area contributed by atoms with Crippen LogP contribution in [0.25, 0.3) is 0 Å². The molecule has 0 amide bonds. The van der Waals surface area contributed by atoms with Gasteiger partial charge in [-0.2, -0.15) is 0 Å². The van der Waals surface area contributed by atoms with Crippen molar-refractivity contribution in [3.8, 4) is 0 Å². The van der Waals surface area contributed by atoms with E-state index in [1.165, 1.54) is 5.56 Å². The van der Waals surface area contributed by atoms with E-state index >= 15 is 0 Å². The van der Waals surface area contributed by atoms with Gasteiger partial charge in [0.1, 0.15) is 5.82 Å². The summed E-state index contributed by atoms with van der Waals surface area (Å²) in [5.74, 6) is 1.07. The number of halogens is 1. The first-order chi connectivity index (χ1) is 10.1. The Kier molecular flexibility index (Phi) is 3.96. The maximum absolute atomic E-state index is 6.00. The van der Waals surface area contributed by atoms with E-state index in [1.807, 2.05) is 12.3 Å². The van der Waals surface area contributed by atoms with E-state index in [4.69, 9.17) is 5.73 Å². The van der Waals surface area contributed by atoms with Gasteiger partial charge in [0.15, 0.2) is 0 Å². The van der Waals surface area contributed by atoms with E-state index in [1.54, 1.807) is 12.4 Å². The quantitative estimate of drug-likeness (QED) is 0.904. The molecule has 1 aliphatic heterocycles. The normalized spacial score (nSPS) is 15.3. The van der Waals surface area contributed by atoms with Gasteiger partial charge in [0.25, 0.3) is 0 Å². The summed E-state index contributed by atoms with van der Waals surface area (Å²) >= 11 is 3.46. The van der Waals surface area contributed by atoms with Crippen molar-refractivity contribution in [3.05, 3.63) is 40.8 Å². The molecule has 1 saturated heterocycles. The fourth-order valence-electron chi connectivity index (χ4n) is 2.71. The van der Waals surface area contributed by atoms with E-state index in [0.29, 0.717) is 0 Å². The number of pyridine rings is 2. The van der Waals surface area contributed by atoms with Crippen molar-refractivity contribution in [2.45, 2.75) is 6.92 Å². The lowest BCUT2D eigenvalue weighted by atomic mass is 10.2. The maximum atomic E-state index is 6.00. The molecule has 2 aromatic heterocycles. The van der Waals surface area contributed by atoms with Crippen LogP contribution in [0.1, 0.15) is 5.56 Å². The Hall–Kier alpha value is -1.82. The molecular formula is C15H18BrN5. The lowest BCUT2D eigenvalue weighted by Crippen LogP contribution is -2.47. The highest BCUT2D eigenvalue weighted by Crippen LogP contribution is 2.26. The van der Waals surface area contributed by atoms with Crippen LogP contribution in [0.2, 0.25) is 0 Å². The first-order valence-electron chi connectivity index (χ1n) is 6.96. The molecule has 2 aromatic rings. The summed E-state index contributed by atoms with van der Waals surface area (Å²) in [6, 6.07) is 4.09. The minimum atomic E-state index is 0.740. The number of nitrogen functional groups attached to an aromatic ring is 1. The van der Waals surface area contributed by atoms with Crippen LogP contribution in [0.3, 0.4) is 0 Å². The lowest BCUT2D eigenvalue weighted by molar-refractivity contribution is 0.646. The van der Waals surface area contributed by atoms with Gasteiger partial charge in [0, 0.05) is 43.0 Å². The molecule has 0 bridgehead atoms. The summed E-state index contributed by atoms with van der Waals surface area (Å²) < 4.78 is 1.02. The minimum Gasteiger partial charge on any atom is -0.396 e. The van der Waals surface area contributed by atoms with Crippen LogP contribution in [-0.2, 0) is 0 Å². The zero-order chi connectivity index (χ0) is 14.8. The summed E-state index contributed by atoms with van der Waals surface area (Å²) in [4.78, 5) is 13.2. The van der Waals surface area contributed by atoms with E-state index in [2.05, 4.69) is 48.7 Å². The fourth-order valence-corrected chi connectivity index (χ4v) is 3.16. The van der Waals surface area contributed by atoms with Crippen molar-refractivity contribution in [3.63, 3.8) is 0 Å². The fraction of sp³-hybridized carbons (Fsp3) is 0.333. The summed E-state index contributed by atoms with van der Waals surface area (Å²) in [5.41, 5.74) is 9.01. The number of aryl methyl sites for hydroxylation is 1. The van der Waals surface area contributed by atoms with Crippen molar-refractivity contribution >= 4 is 33.1 Å². The van der Waals surface area contributed by atoms with Gasteiger partial charge in [-0.25, -0.2) is 4.98 Å². The zero-order valence-corrected chi connectivity index (χ0v) is 13.5. The Morgan fingerprint density at radius 1 is 1.14 bits per heavy atom. The Balaban J connectivity index is 1.72. The number of piperazine rings is 1. The van der Waals surface area contributed by atoms with Crippen molar-refractivity contribution in [2.75, 3.05) is 41.7 Å². The van der Waals surface area contributed by atoms with Gasteiger partial charge in [-0.15, -0.1) is 0 Å². The maximum Gasteiger partial charge on any atom is 0.131 e. The molecular weight excluding hydrogens is 330 g/mol. The number of hydrogen-bond acceptors (Lipinski definition) is 5. The molecule has 0 aromatic carbocycles. The van der Waals surface area contributed by atoms with Crippen molar-refractivity contribution in [2.24, 2.45) is 0 Å². The van der Waals surface area contributed by atoms with Crippen LogP contribution in [0.15, 0.2) is 35.2 Å². The number of anilines is 3. The first-order valence-corrected chi connectivity index (χ1v) is 7.76. The molecule has 0 aliphatic carbocycles. The summed E-state index contributed by atoms with van der Waals surface area (Å²) in [6.07, 6.45) is 5.36. The molecule has 3 heterocycles. The van der Waals surface area contributed by atoms with Gasteiger partial charge in [-0.05, 0) is 40.5 Å². The lowest BCUT2D eigenvalue weighted by Gasteiger charge is -2.37. The molecule has 2 N–H and O–H groups in total. The molecule has 3 rings (SSSR count). The molecule has 0 spiro atoms. The topological polar surface area (TPSA) is 58.3 Å². The van der Waals surface area contributed by atoms with Gasteiger partial charge in [0.2, 0.25) is 0 Å². The molecule has 21 heavy (non-hydrogen) atoms. The predicted octanol–water partition coefficient (Wildman–Crippen LogP) is 2.46. The minimum absolute atomic E-state index is 0.740. The molecule has 1 fully saturated rings. The van der Waals surface area contributed by atoms with Gasteiger partial charge in [0.05, 0.1) is 17.6 Å². The number of aromatic nitrogens is 2. The smallest absolute Gasteiger partial charge is 0.131 e. The van der Waals surface area contributed by atoms with E-state index in [-0.39, 0.29) is 0 Å². The number of rotatable bonds is 2. The van der Waals surface area contributed by atoms with Crippen LogP contribution in [0.4, 0.5) is 17.2 Å². The molecule has 0 atom stereocenters. The molecule has 6 heteroatoms. The summed E-state index contributed by atoms with van der Waals surface area (Å²) in [5, 5.41) is 0. The van der Waals surface area contributed by atoms with E-state index in [0.717, 1.165) is 47.8 Å². The van der Waals surface area contributed by atoms with Gasteiger partial charge in [-0.1, -0.05) is 0 Å². The van der Waals surface area contributed by atoms with Crippen molar-refractivity contribution in [1.82, 2.24) is 9.97 Å². The molecule has 0 unspecified atom stereocenters. The van der Waals surface area contributed by atoms with Gasteiger partial charge < -0.3 is 15.5 Å². The average molecular weight is 348 g/mol. The van der Waals surface area contributed by atoms with Gasteiger partial charge in [-0.3, -0.25) is 4.98 Å². The van der Waals surface area contributed by atoms with Crippen molar-refractivity contribution in [1.29, 1.82) is 0 Å². The number of hydrogen-bond donors (Lipinski definition) is 1. The summed E-state index contributed by atoms with van der Waals surface area (Å²) in [6.45, 7) is 5.85. The van der Waals surface area contributed by atoms with E-state index in [9.17, 15) is 0 Å². The molecule has 1 aliphatic rings. The van der Waals surface area contributed by atoms with Gasteiger partial charge >= 0.3 is 0 Å². The molecule has 110 valence electrons. The van der Waals surface area contributed by atoms with Crippen LogP contribution < -0.4 is 15.5 Å². The van der Waals surface area contributed by atoms with Crippen LogP contribution >= 0.6 is 15.9 Å². The first kappa shape index (κ1) is 14.1. The molecule has 0 saturated carbocycles. The highest BCUT2D eigenvalue weighted by Gasteiger charge is 2.20. The Labute approximate surface area is 132 Å². The standard InChI is InChI=1S/C15H18BrN5/c1-11-8-12(16)9-19-15(11)21-6-4-20(5-7-21)14-2-3-18-10-13(14)17/h2-3,8-10H,4-7,17H2,1H3. The molecule has 0 radical (unpaired) electrons. The van der Waals surface area contributed by atoms with Crippen LogP contribution in [0, 0.1) is 6.92 Å². The SMILES string of the molecule is Cc1cc(Br)cnc1N1CCN(c2ccncc2N)CC1. The number of nitrogens with zero attached hydrogens (tertiary/aromatic N) is 4. The Morgan fingerprint density at radius 2 is 1.86 bits per heavy atom. The Bertz CT molecular complexity index is 638. The monoisotopic (exact) mass is 347 g/mol. The second-order valence-corrected chi connectivity index (χ2v) is 6.12. The molecule has 5 nitrogen and oxygen atoms in total. The third kappa shape index (κ3) is 2.95. The number of nitrogens with two attached hydrogens (primary N) is 1. The Morgan fingerprint density at radius 3 is 2.52 bits per heavy atom. The zero-order valence-electron chi connectivity index (χ0n) is 12.0. The second kappa shape index (κ2) is 5.89. The van der Waals surface area contributed by atoms with Crippen LogP contribution in [0.5, 0.6) is 0 Å². The third-order valence-corrected chi connectivity index (χ3v) is 4.20. The highest BCUT2D eigenvalue weighted by molar-refractivity contribution is 9.10. The third-order valence-electron chi connectivity index (χ3n) is 3.77. The van der Waals surface area contributed by atoms with E-state index < -0.39 is 0 Å². The summed E-state index contributed by atoms with van der Waals surface area (Å²) in [7, 11) is 0.